The van der Waals surface area contributed by atoms with Crippen LogP contribution in [-0.2, 0) is 17.8 Å². The lowest BCUT2D eigenvalue weighted by Gasteiger charge is -2.09. The first-order valence-corrected chi connectivity index (χ1v) is 8.65. The van der Waals surface area contributed by atoms with E-state index >= 15 is 0 Å². The van der Waals surface area contributed by atoms with E-state index in [2.05, 4.69) is 5.32 Å². The van der Waals surface area contributed by atoms with Crippen LogP contribution in [0.15, 0.2) is 51.7 Å². The number of aromatic nitrogens is 1. The summed E-state index contributed by atoms with van der Waals surface area (Å²) >= 11 is 0. The van der Waals surface area contributed by atoms with Crippen LogP contribution in [0.3, 0.4) is 0 Å². The molecule has 0 aliphatic rings. The highest BCUT2D eigenvalue weighted by Crippen LogP contribution is 2.20. The van der Waals surface area contributed by atoms with E-state index in [1.54, 1.807) is 0 Å². The number of carbonyl (C=O) groups is 1. The van der Waals surface area contributed by atoms with Crippen molar-refractivity contribution in [2.75, 3.05) is 5.32 Å². The van der Waals surface area contributed by atoms with Crippen LogP contribution in [0.5, 0.6) is 0 Å². The topological polar surface area (TPSA) is 107 Å². The van der Waals surface area contributed by atoms with Crippen LogP contribution in [0.25, 0.3) is 11.1 Å². The summed E-state index contributed by atoms with van der Waals surface area (Å²) in [6.07, 6.45) is 1.49. The predicted octanol–water partition coefficient (Wildman–Crippen LogP) is 3.48. The van der Waals surface area contributed by atoms with E-state index in [0.29, 0.717) is 11.9 Å². The Labute approximate surface area is 154 Å². The number of fused-ring (bicyclic) bond motifs is 1. The van der Waals surface area contributed by atoms with Crippen LogP contribution >= 0.6 is 0 Å². The van der Waals surface area contributed by atoms with E-state index in [-0.39, 0.29) is 30.1 Å². The SMILES string of the molecule is CCc1ccccc1NC(=O)CCCn1c(=O)oc2cc([N+](=O)[O-])ccc21. The number of nitro groups is 1. The van der Waals surface area contributed by atoms with Gasteiger partial charge in [0.25, 0.3) is 5.69 Å². The van der Waals surface area contributed by atoms with E-state index in [1.165, 1.54) is 22.8 Å². The second kappa shape index (κ2) is 7.86. The first-order valence-electron chi connectivity index (χ1n) is 8.65. The number of aryl methyl sites for hydroxylation is 2. The number of amides is 1. The molecule has 3 aromatic rings. The number of nitrogens with one attached hydrogen (secondary N) is 1. The molecule has 0 radical (unpaired) electrons. The minimum atomic E-state index is -0.595. The number of hydrogen-bond donors (Lipinski definition) is 1. The van der Waals surface area contributed by atoms with E-state index in [0.717, 1.165) is 17.7 Å². The molecule has 140 valence electrons. The molecule has 0 aliphatic carbocycles. The number of nitrogens with zero attached hydrogens (tertiary/aromatic N) is 2. The maximum absolute atomic E-state index is 12.2. The van der Waals surface area contributed by atoms with Gasteiger partial charge < -0.3 is 9.73 Å². The van der Waals surface area contributed by atoms with Gasteiger partial charge in [-0.3, -0.25) is 19.5 Å². The van der Waals surface area contributed by atoms with E-state index in [9.17, 15) is 19.7 Å². The van der Waals surface area contributed by atoms with Crippen LogP contribution in [0.1, 0.15) is 25.3 Å². The zero-order valence-corrected chi connectivity index (χ0v) is 14.8. The summed E-state index contributed by atoms with van der Waals surface area (Å²) in [4.78, 5) is 34.4. The summed E-state index contributed by atoms with van der Waals surface area (Å²) in [7, 11) is 0. The van der Waals surface area contributed by atoms with Gasteiger partial charge in [-0.25, -0.2) is 4.79 Å². The summed E-state index contributed by atoms with van der Waals surface area (Å²) in [6.45, 7) is 2.30. The third-order valence-electron chi connectivity index (χ3n) is 4.32. The molecule has 0 unspecified atom stereocenters. The quantitative estimate of drug-likeness (QED) is 0.507. The van der Waals surface area contributed by atoms with Gasteiger partial charge in [0.2, 0.25) is 5.91 Å². The molecule has 0 saturated heterocycles. The van der Waals surface area contributed by atoms with E-state index < -0.39 is 10.7 Å². The van der Waals surface area contributed by atoms with Crippen LogP contribution < -0.4 is 11.1 Å². The molecule has 1 heterocycles. The smallest absolute Gasteiger partial charge is 0.407 e. The fraction of sp³-hybridized carbons (Fsp3) is 0.263. The van der Waals surface area contributed by atoms with Crippen LogP contribution in [-0.4, -0.2) is 15.4 Å². The van der Waals surface area contributed by atoms with Crippen molar-refractivity contribution in [1.82, 2.24) is 4.57 Å². The highest BCUT2D eigenvalue weighted by atomic mass is 16.6. The fourth-order valence-electron chi connectivity index (χ4n) is 2.94. The van der Waals surface area contributed by atoms with Crippen molar-refractivity contribution in [3.8, 4) is 0 Å². The first-order chi connectivity index (χ1) is 13.0. The number of rotatable bonds is 7. The highest BCUT2D eigenvalue weighted by molar-refractivity contribution is 5.91. The summed E-state index contributed by atoms with van der Waals surface area (Å²) in [6, 6.07) is 11.6. The number of para-hydroxylation sites is 1. The molecule has 27 heavy (non-hydrogen) atoms. The normalized spacial score (nSPS) is 10.9. The molecule has 0 saturated carbocycles. The van der Waals surface area contributed by atoms with Crippen molar-refractivity contribution < 1.29 is 14.1 Å². The van der Waals surface area contributed by atoms with Gasteiger partial charge in [0.05, 0.1) is 16.5 Å². The predicted molar refractivity (Wildman–Crippen MR) is 101 cm³/mol. The largest absolute Gasteiger partial charge is 0.419 e. The molecule has 0 atom stereocenters. The second-order valence-corrected chi connectivity index (χ2v) is 6.09. The van der Waals surface area contributed by atoms with Crippen LogP contribution in [0.2, 0.25) is 0 Å². The lowest BCUT2D eigenvalue weighted by molar-refractivity contribution is -0.384. The Morgan fingerprint density at radius 3 is 2.78 bits per heavy atom. The second-order valence-electron chi connectivity index (χ2n) is 6.09. The van der Waals surface area contributed by atoms with Gasteiger partial charge in [-0.2, -0.15) is 0 Å². The molecule has 1 N–H and O–H groups in total. The van der Waals surface area contributed by atoms with Crippen LogP contribution in [0, 0.1) is 10.1 Å². The van der Waals surface area contributed by atoms with Gasteiger partial charge in [-0.1, -0.05) is 25.1 Å². The Kier molecular flexibility index (Phi) is 5.35. The molecule has 2 aromatic carbocycles. The maximum Gasteiger partial charge on any atom is 0.419 e. The molecule has 8 heteroatoms. The van der Waals surface area contributed by atoms with Crippen molar-refractivity contribution in [3.63, 3.8) is 0 Å². The Morgan fingerprint density at radius 1 is 1.26 bits per heavy atom. The Balaban J connectivity index is 1.65. The van der Waals surface area contributed by atoms with Crippen molar-refractivity contribution in [1.29, 1.82) is 0 Å². The molecule has 0 aliphatic heterocycles. The number of benzene rings is 2. The number of anilines is 1. The molecule has 0 spiro atoms. The third-order valence-corrected chi connectivity index (χ3v) is 4.32. The lowest BCUT2D eigenvalue weighted by Crippen LogP contribution is -2.17. The molecule has 3 rings (SSSR count). The maximum atomic E-state index is 12.2. The van der Waals surface area contributed by atoms with Crippen molar-refractivity contribution in [2.24, 2.45) is 0 Å². The molecular weight excluding hydrogens is 350 g/mol. The van der Waals surface area contributed by atoms with Crippen molar-refractivity contribution >= 4 is 28.4 Å². The average molecular weight is 369 g/mol. The minimum absolute atomic E-state index is 0.132. The highest BCUT2D eigenvalue weighted by Gasteiger charge is 2.14. The first kappa shape index (κ1) is 18.4. The summed E-state index contributed by atoms with van der Waals surface area (Å²) in [5, 5.41) is 13.7. The van der Waals surface area contributed by atoms with E-state index in [4.69, 9.17) is 4.42 Å². The minimum Gasteiger partial charge on any atom is -0.407 e. The Hall–Kier alpha value is -3.42. The van der Waals surface area contributed by atoms with Gasteiger partial charge in [0.1, 0.15) is 0 Å². The molecule has 0 fully saturated rings. The van der Waals surface area contributed by atoms with Gasteiger partial charge in [0, 0.05) is 24.7 Å². The Morgan fingerprint density at radius 2 is 2.04 bits per heavy atom. The number of non-ortho nitro benzene ring substituents is 1. The van der Waals surface area contributed by atoms with E-state index in [1.807, 2.05) is 31.2 Å². The summed E-state index contributed by atoms with van der Waals surface area (Å²) in [5.74, 6) is -0.727. The summed E-state index contributed by atoms with van der Waals surface area (Å²) in [5.41, 5.74) is 2.35. The number of oxazole rings is 1. The molecule has 8 nitrogen and oxygen atoms in total. The van der Waals surface area contributed by atoms with Gasteiger partial charge >= 0.3 is 5.76 Å². The molecular formula is C19H19N3O5. The standard InChI is InChI=1S/C19H19N3O5/c1-2-13-6-3-4-7-15(13)20-18(23)8-5-11-21-16-10-9-14(22(25)26)12-17(16)27-19(21)24/h3-4,6-7,9-10,12H,2,5,8,11H2,1H3,(H,20,23). The Bertz CT molecular complexity index is 1050. The zero-order chi connectivity index (χ0) is 19.4. The van der Waals surface area contributed by atoms with Crippen LogP contribution in [0.4, 0.5) is 11.4 Å². The number of carbonyl (C=O) groups excluding carboxylic acids is 1. The monoisotopic (exact) mass is 369 g/mol. The van der Waals surface area contributed by atoms with Crippen molar-refractivity contribution in [3.05, 3.63) is 68.7 Å². The average Bonchev–Trinajstić information content (AvgIpc) is 2.96. The fourth-order valence-corrected chi connectivity index (χ4v) is 2.94. The van der Waals surface area contributed by atoms with Gasteiger partial charge in [-0.15, -0.1) is 0 Å². The van der Waals surface area contributed by atoms with Gasteiger partial charge in [0.15, 0.2) is 5.58 Å². The molecule has 1 amide bonds. The number of nitro benzene ring substituents is 1. The van der Waals surface area contributed by atoms with Crippen molar-refractivity contribution in [2.45, 2.75) is 32.7 Å². The number of hydrogen-bond acceptors (Lipinski definition) is 5. The van der Waals surface area contributed by atoms with Gasteiger partial charge in [-0.05, 0) is 30.5 Å². The summed E-state index contributed by atoms with van der Waals surface area (Å²) < 4.78 is 6.46. The molecule has 1 aromatic heterocycles. The lowest BCUT2D eigenvalue weighted by atomic mass is 10.1. The molecule has 0 bridgehead atoms. The zero-order valence-electron chi connectivity index (χ0n) is 14.8. The third kappa shape index (κ3) is 4.05.